The van der Waals surface area contributed by atoms with Crippen LogP contribution in [0.2, 0.25) is 0 Å². The Bertz CT molecular complexity index is 199. The summed E-state index contributed by atoms with van der Waals surface area (Å²) in [5.41, 5.74) is 0.443. The Labute approximate surface area is 90.4 Å². The summed E-state index contributed by atoms with van der Waals surface area (Å²) in [6.45, 7) is 14.1. The molecule has 0 saturated carbocycles. The van der Waals surface area contributed by atoms with Crippen molar-refractivity contribution in [3.05, 3.63) is 0 Å². The van der Waals surface area contributed by atoms with Crippen molar-refractivity contribution in [2.45, 2.75) is 27.2 Å². The Balaban J connectivity index is 3.61. The molecule has 0 aromatic carbocycles. The normalized spacial score (nSPS) is 10.0. The van der Waals surface area contributed by atoms with E-state index in [9.17, 15) is 0 Å². The van der Waals surface area contributed by atoms with Crippen LogP contribution in [0.4, 0.5) is 0 Å². The summed E-state index contributed by atoms with van der Waals surface area (Å²) in [6, 6.07) is 0. The number of rotatable bonds is 6. The second-order valence-corrected chi connectivity index (χ2v) is 4.63. The molecule has 0 fully saturated rings. The Morgan fingerprint density at radius 1 is 1.23 bits per heavy atom. The van der Waals surface area contributed by atoms with Gasteiger partial charge >= 0.3 is 90.2 Å². The Hall–Kier alpha value is 0.740. The van der Waals surface area contributed by atoms with Crippen molar-refractivity contribution in [2.24, 2.45) is 5.41 Å². The topological polar surface area (TPSA) is 0 Å². The maximum absolute atomic E-state index is 5.18. The van der Waals surface area contributed by atoms with E-state index >= 15 is 0 Å². The molecule has 0 nitrogen and oxygen atoms in total. The molecular formula is C6H13B6S. The van der Waals surface area contributed by atoms with E-state index in [2.05, 4.69) is 26.9 Å². The first-order chi connectivity index (χ1) is 6.12. The van der Waals surface area contributed by atoms with Crippen molar-refractivity contribution in [3.8, 4) is 0 Å². The second-order valence-electron chi connectivity index (χ2n) is 3.73. The van der Waals surface area contributed by atoms with E-state index in [0.717, 1.165) is 0 Å². The molecule has 1 radical (unpaired) electrons. The molecule has 0 saturated heterocycles. The van der Waals surface area contributed by atoms with Gasteiger partial charge in [0, 0.05) is 0 Å². The van der Waals surface area contributed by atoms with Gasteiger partial charge in [0.25, 0.3) is 0 Å². The van der Waals surface area contributed by atoms with Gasteiger partial charge in [-0.25, -0.2) is 0 Å². The fourth-order valence-electron chi connectivity index (χ4n) is 0.605. The summed E-state index contributed by atoms with van der Waals surface area (Å²) in [6.07, 6.45) is 3.33. The summed E-state index contributed by atoms with van der Waals surface area (Å²) in [5, 5.41) is 0. The van der Waals surface area contributed by atoms with Gasteiger partial charge in [-0.2, -0.15) is 0 Å². The molecule has 0 amide bonds. The van der Waals surface area contributed by atoms with Crippen LogP contribution in [0.5, 0.6) is 0 Å². The molecule has 0 N–H and O–H groups in total. The fraction of sp³-hybridized carbons (Fsp3) is 1.00. The summed E-state index contributed by atoms with van der Waals surface area (Å²) < 4.78 is 0. The van der Waals surface area contributed by atoms with Gasteiger partial charge < -0.3 is 0 Å². The van der Waals surface area contributed by atoms with Gasteiger partial charge in [-0.3, -0.25) is 0 Å². The van der Waals surface area contributed by atoms with Crippen molar-refractivity contribution in [3.63, 3.8) is 0 Å². The van der Waals surface area contributed by atoms with Gasteiger partial charge in [0.05, 0.1) is 0 Å². The Kier molecular flexibility index (Phi) is 8.54. The Morgan fingerprint density at radius 2 is 1.92 bits per heavy atom. The average Bonchev–Trinajstić information content (AvgIpc) is 2.11. The zero-order valence-electron chi connectivity index (χ0n) is 8.79. The van der Waals surface area contributed by atoms with Gasteiger partial charge in [0.2, 0.25) is 0 Å². The number of hydrogen-bond acceptors (Lipinski definition) is 1. The predicted molar refractivity (Wildman–Crippen MR) is 71.1 cm³/mol. The first-order valence-electron chi connectivity index (χ1n) is 4.61. The van der Waals surface area contributed by atoms with Gasteiger partial charge in [-0.15, -0.1) is 0 Å². The van der Waals surface area contributed by atoms with Gasteiger partial charge in [0.1, 0.15) is 0 Å². The molecule has 0 heterocycles. The van der Waals surface area contributed by atoms with Crippen molar-refractivity contribution in [1.29, 1.82) is 0 Å². The monoisotopic (exact) mass is 183 g/mol. The quantitative estimate of drug-likeness (QED) is 0.533. The average molecular weight is 182 g/mol. The molecule has 0 unspecified atom stereocenters. The van der Waals surface area contributed by atoms with Crippen LogP contribution in [0, 0.1) is 5.41 Å². The third-order valence-corrected chi connectivity index (χ3v) is 3.24. The minimum atomic E-state index is 0.443. The second kappa shape index (κ2) is 8.08. The zero-order valence-corrected chi connectivity index (χ0v) is 9.60. The summed E-state index contributed by atoms with van der Waals surface area (Å²) in [5.74, 6) is 1.17. The molecule has 0 atom stereocenters. The van der Waals surface area contributed by atoms with E-state index in [0.29, 0.717) is 5.41 Å². The van der Waals surface area contributed by atoms with Crippen LogP contribution in [0.1, 0.15) is 27.2 Å². The molecular weight excluding hydrogens is 169 g/mol. The van der Waals surface area contributed by atoms with Crippen LogP contribution < -0.4 is 0 Å². The molecule has 0 aliphatic heterocycles. The third-order valence-electron chi connectivity index (χ3n) is 1.94. The summed E-state index contributed by atoms with van der Waals surface area (Å²) >= 11 is 1.85. The first-order valence-corrected chi connectivity index (χ1v) is 5.65. The summed E-state index contributed by atoms with van der Waals surface area (Å²) in [4.78, 5) is 0. The van der Waals surface area contributed by atoms with Crippen LogP contribution in [-0.2, 0) is 0 Å². The fourth-order valence-corrected chi connectivity index (χ4v) is 1.56. The van der Waals surface area contributed by atoms with E-state index < -0.39 is 0 Å². The van der Waals surface area contributed by atoms with Crippen molar-refractivity contribution >= 4 is 51.8 Å². The molecule has 0 rings (SSSR count). The van der Waals surface area contributed by atoms with Gasteiger partial charge in [-0.05, 0) is 0 Å². The SMILES string of the molecule is [B]=BB=BB=BSCC(C)(C)CC. The minimum absolute atomic E-state index is 0.443. The van der Waals surface area contributed by atoms with Crippen molar-refractivity contribution < 1.29 is 0 Å². The predicted octanol–water partition coefficient (Wildman–Crippen LogP) is 0.335. The van der Waals surface area contributed by atoms with Crippen LogP contribution >= 0.6 is 11.6 Å². The molecule has 0 aromatic heterocycles. The van der Waals surface area contributed by atoms with E-state index in [1.165, 1.54) is 18.9 Å². The molecule has 0 aromatic rings. The Morgan fingerprint density at radius 3 is 2.46 bits per heavy atom. The first kappa shape index (κ1) is 13.7. The molecule has 0 spiro atoms. The van der Waals surface area contributed by atoms with Gasteiger partial charge in [-0.1, -0.05) is 0 Å². The molecule has 0 aliphatic rings. The maximum atomic E-state index is 5.18. The van der Waals surface area contributed by atoms with Gasteiger partial charge in [0.15, 0.2) is 0 Å². The van der Waals surface area contributed by atoms with E-state index in [1.54, 1.807) is 0 Å². The van der Waals surface area contributed by atoms with Crippen LogP contribution in [-0.4, -0.2) is 46.0 Å². The van der Waals surface area contributed by atoms with E-state index in [-0.39, 0.29) is 0 Å². The standard InChI is InChI=1S/C6H13B6S/c1-4-6(2,3)5-13-12-11-10-9-8-7/h4-5H2,1-3H3. The summed E-state index contributed by atoms with van der Waals surface area (Å²) in [7, 11) is 5.18. The van der Waals surface area contributed by atoms with E-state index in [1.807, 2.05) is 31.7 Å². The van der Waals surface area contributed by atoms with E-state index in [4.69, 9.17) is 7.37 Å². The van der Waals surface area contributed by atoms with Crippen LogP contribution in [0.25, 0.3) is 0 Å². The molecule has 7 heteroatoms. The zero-order chi connectivity index (χ0) is 10.2. The number of hydrogen-bond donors (Lipinski definition) is 0. The molecule has 61 valence electrons. The molecule has 0 aliphatic carbocycles. The molecule has 13 heavy (non-hydrogen) atoms. The third kappa shape index (κ3) is 9.05. The molecule has 0 bridgehead atoms. The van der Waals surface area contributed by atoms with Crippen molar-refractivity contribution in [2.75, 3.05) is 5.75 Å². The van der Waals surface area contributed by atoms with Crippen LogP contribution in [0.3, 0.4) is 0 Å². The van der Waals surface area contributed by atoms with Crippen LogP contribution in [0.15, 0.2) is 0 Å². The van der Waals surface area contributed by atoms with Crippen molar-refractivity contribution in [1.82, 2.24) is 0 Å².